The summed E-state index contributed by atoms with van der Waals surface area (Å²) < 4.78 is 1.11. The third-order valence-corrected chi connectivity index (χ3v) is 5.33. The predicted octanol–water partition coefficient (Wildman–Crippen LogP) is 4.31. The molecule has 0 amide bonds. The van der Waals surface area contributed by atoms with Gasteiger partial charge in [0.05, 0.1) is 0 Å². The number of carbonyl (C=O) groups is 1. The fraction of sp³-hybridized carbons (Fsp3) is 0.533. The molecule has 1 atom stereocenters. The van der Waals surface area contributed by atoms with E-state index in [2.05, 4.69) is 40.2 Å². The van der Waals surface area contributed by atoms with Crippen LogP contribution >= 0.6 is 15.9 Å². The molecule has 2 heteroatoms. The van der Waals surface area contributed by atoms with E-state index in [1.54, 1.807) is 0 Å². The van der Waals surface area contributed by atoms with E-state index < -0.39 is 0 Å². The Kier molecular flexibility index (Phi) is 2.86. The van der Waals surface area contributed by atoms with Gasteiger partial charge in [-0.15, -0.1) is 0 Å². The van der Waals surface area contributed by atoms with Crippen molar-refractivity contribution in [2.75, 3.05) is 0 Å². The van der Waals surface area contributed by atoms with E-state index >= 15 is 0 Å². The van der Waals surface area contributed by atoms with Crippen molar-refractivity contribution in [1.29, 1.82) is 0 Å². The minimum absolute atomic E-state index is 0.0530. The van der Waals surface area contributed by atoms with Crippen LogP contribution in [-0.4, -0.2) is 6.29 Å². The average Bonchev–Trinajstić information content (AvgIpc) is 2.41. The second kappa shape index (κ2) is 4.24. The zero-order chi connectivity index (χ0) is 11.9. The Balaban J connectivity index is 1.96. The number of hydrogen-bond acceptors (Lipinski definition) is 1. The Morgan fingerprint density at radius 2 is 1.82 bits per heavy atom. The van der Waals surface area contributed by atoms with E-state index in [0.717, 1.165) is 23.2 Å². The van der Waals surface area contributed by atoms with Gasteiger partial charge < -0.3 is 4.79 Å². The lowest BCUT2D eigenvalue weighted by Crippen LogP contribution is -2.41. The topological polar surface area (TPSA) is 17.1 Å². The summed E-state index contributed by atoms with van der Waals surface area (Å²) in [5.41, 5.74) is 1.30. The molecule has 1 aromatic carbocycles. The second-order valence-corrected chi connectivity index (χ2v) is 6.55. The van der Waals surface area contributed by atoms with E-state index in [-0.39, 0.29) is 5.41 Å². The lowest BCUT2D eigenvalue weighted by Gasteiger charge is -2.49. The number of aldehydes is 1. The summed E-state index contributed by atoms with van der Waals surface area (Å²) in [5, 5.41) is 0. The first-order valence-electron chi connectivity index (χ1n) is 6.45. The van der Waals surface area contributed by atoms with Crippen LogP contribution in [0.5, 0.6) is 0 Å². The molecule has 1 nitrogen and oxygen atoms in total. The highest BCUT2D eigenvalue weighted by Crippen LogP contribution is 2.56. The minimum Gasteiger partial charge on any atom is -0.303 e. The summed E-state index contributed by atoms with van der Waals surface area (Å²) in [7, 11) is 0. The first-order chi connectivity index (χ1) is 8.23. The molecule has 3 aliphatic rings. The largest absolute Gasteiger partial charge is 0.303 e. The molecule has 1 aromatic rings. The molecule has 3 saturated carbocycles. The van der Waals surface area contributed by atoms with Gasteiger partial charge >= 0.3 is 0 Å². The summed E-state index contributed by atoms with van der Waals surface area (Å²) >= 11 is 3.47. The third-order valence-electron chi connectivity index (χ3n) is 4.81. The first kappa shape index (κ1) is 11.5. The fourth-order valence-electron chi connectivity index (χ4n) is 3.73. The number of fused-ring (bicyclic) bond motifs is 3. The number of rotatable bonds is 2. The van der Waals surface area contributed by atoms with E-state index in [4.69, 9.17) is 0 Å². The van der Waals surface area contributed by atoms with Gasteiger partial charge in [0.1, 0.15) is 6.29 Å². The molecule has 0 heterocycles. The zero-order valence-electron chi connectivity index (χ0n) is 9.86. The standard InChI is InChI=1S/C15H17BrO/c16-13-3-1-12(2-4-13)14-9-11-5-7-15(14,10-17)8-6-11/h1-4,10-11,14H,5-9H2. The van der Waals surface area contributed by atoms with Crippen molar-refractivity contribution in [3.63, 3.8) is 0 Å². The Morgan fingerprint density at radius 3 is 2.41 bits per heavy atom. The number of benzene rings is 1. The zero-order valence-corrected chi connectivity index (χ0v) is 11.4. The molecule has 90 valence electrons. The van der Waals surface area contributed by atoms with E-state index in [1.165, 1.54) is 31.1 Å². The summed E-state index contributed by atoms with van der Waals surface area (Å²) in [5.74, 6) is 1.31. The quantitative estimate of drug-likeness (QED) is 0.742. The van der Waals surface area contributed by atoms with Crippen LogP contribution in [0, 0.1) is 11.3 Å². The summed E-state index contributed by atoms with van der Waals surface area (Å²) in [4.78, 5) is 11.6. The van der Waals surface area contributed by atoms with Gasteiger partial charge in [-0.05, 0) is 61.6 Å². The summed E-state index contributed by atoms with van der Waals surface area (Å²) in [6.45, 7) is 0. The van der Waals surface area contributed by atoms with Gasteiger partial charge in [-0.3, -0.25) is 0 Å². The molecular weight excluding hydrogens is 276 g/mol. The highest BCUT2D eigenvalue weighted by atomic mass is 79.9. The van der Waals surface area contributed by atoms with Crippen molar-refractivity contribution in [1.82, 2.24) is 0 Å². The van der Waals surface area contributed by atoms with Crippen LogP contribution in [0.4, 0.5) is 0 Å². The van der Waals surface area contributed by atoms with E-state index in [9.17, 15) is 4.79 Å². The molecule has 0 radical (unpaired) electrons. The Bertz CT molecular complexity index is 415. The normalized spacial score (nSPS) is 35.8. The Morgan fingerprint density at radius 1 is 1.18 bits per heavy atom. The van der Waals surface area contributed by atoms with Crippen molar-refractivity contribution in [3.8, 4) is 0 Å². The lowest BCUT2D eigenvalue weighted by molar-refractivity contribution is -0.123. The summed E-state index contributed by atoms with van der Waals surface area (Å²) in [6, 6.07) is 8.55. The van der Waals surface area contributed by atoms with Crippen molar-refractivity contribution >= 4 is 22.2 Å². The molecule has 0 N–H and O–H groups in total. The molecule has 17 heavy (non-hydrogen) atoms. The SMILES string of the molecule is O=CC12CCC(CC1)CC2c1ccc(Br)cc1. The molecular formula is C15H17BrO. The van der Waals surface area contributed by atoms with E-state index in [0.29, 0.717) is 5.92 Å². The highest BCUT2D eigenvalue weighted by Gasteiger charge is 2.48. The van der Waals surface area contributed by atoms with Crippen LogP contribution in [0.1, 0.15) is 43.6 Å². The number of hydrogen-bond donors (Lipinski definition) is 0. The van der Waals surface area contributed by atoms with Gasteiger partial charge in [0.25, 0.3) is 0 Å². The molecule has 2 bridgehead atoms. The van der Waals surface area contributed by atoms with Gasteiger partial charge in [0.2, 0.25) is 0 Å². The van der Waals surface area contributed by atoms with Crippen LogP contribution in [0.25, 0.3) is 0 Å². The van der Waals surface area contributed by atoms with Crippen LogP contribution in [0.15, 0.2) is 28.7 Å². The maximum absolute atomic E-state index is 11.6. The molecule has 1 unspecified atom stereocenters. The Hall–Kier alpha value is -0.630. The second-order valence-electron chi connectivity index (χ2n) is 5.63. The molecule has 0 aliphatic heterocycles. The van der Waals surface area contributed by atoms with E-state index in [1.807, 2.05) is 0 Å². The van der Waals surface area contributed by atoms with Gasteiger partial charge in [-0.25, -0.2) is 0 Å². The van der Waals surface area contributed by atoms with Crippen LogP contribution in [0.3, 0.4) is 0 Å². The van der Waals surface area contributed by atoms with Gasteiger partial charge in [-0.2, -0.15) is 0 Å². The van der Waals surface area contributed by atoms with Crippen molar-refractivity contribution in [3.05, 3.63) is 34.3 Å². The predicted molar refractivity (Wildman–Crippen MR) is 72.0 cm³/mol. The van der Waals surface area contributed by atoms with Crippen molar-refractivity contribution in [2.45, 2.75) is 38.0 Å². The van der Waals surface area contributed by atoms with Crippen LogP contribution in [0.2, 0.25) is 0 Å². The molecule has 0 saturated heterocycles. The van der Waals surface area contributed by atoms with Crippen molar-refractivity contribution in [2.24, 2.45) is 11.3 Å². The molecule has 0 aromatic heterocycles. The maximum atomic E-state index is 11.6. The van der Waals surface area contributed by atoms with Gasteiger partial charge in [0.15, 0.2) is 0 Å². The third kappa shape index (κ3) is 1.87. The summed E-state index contributed by atoms with van der Waals surface area (Å²) in [6.07, 6.45) is 7.18. The molecule has 0 spiro atoms. The minimum atomic E-state index is -0.0530. The maximum Gasteiger partial charge on any atom is 0.126 e. The van der Waals surface area contributed by atoms with Crippen molar-refractivity contribution < 1.29 is 4.79 Å². The lowest BCUT2D eigenvalue weighted by atomic mass is 9.54. The first-order valence-corrected chi connectivity index (χ1v) is 7.25. The molecule has 4 rings (SSSR count). The molecule has 3 aliphatic carbocycles. The van der Waals surface area contributed by atoms with Crippen LogP contribution in [-0.2, 0) is 4.79 Å². The fourth-order valence-corrected chi connectivity index (χ4v) is 3.99. The number of carbonyl (C=O) groups excluding carboxylic acids is 1. The average molecular weight is 293 g/mol. The highest BCUT2D eigenvalue weighted by molar-refractivity contribution is 9.10. The van der Waals surface area contributed by atoms with Gasteiger partial charge in [-0.1, -0.05) is 28.1 Å². The van der Waals surface area contributed by atoms with Gasteiger partial charge in [0, 0.05) is 9.89 Å². The smallest absolute Gasteiger partial charge is 0.126 e. The molecule has 3 fully saturated rings. The Labute approximate surface area is 111 Å². The van der Waals surface area contributed by atoms with Crippen LogP contribution < -0.4 is 0 Å². The monoisotopic (exact) mass is 292 g/mol. The number of halogens is 1.